The minimum atomic E-state index is 0.713. The van der Waals surface area contributed by atoms with Gasteiger partial charge in [0, 0.05) is 35.7 Å². The van der Waals surface area contributed by atoms with Gasteiger partial charge in [0.25, 0.3) is 0 Å². The van der Waals surface area contributed by atoms with Gasteiger partial charge >= 0.3 is 0 Å². The second kappa shape index (κ2) is 5.22. The summed E-state index contributed by atoms with van der Waals surface area (Å²) in [7, 11) is 0. The molecule has 2 aromatic heterocycles. The molecule has 0 aliphatic heterocycles. The Hall–Kier alpha value is -1.75. The molecule has 0 amide bonds. The van der Waals surface area contributed by atoms with E-state index in [0.29, 0.717) is 6.04 Å². The number of nitrogens with zero attached hydrogens (tertiary/aromatic N) is 4. The highest BCUT2D eigenvalue weighted by Crippen LogP contribution is 2.22. The van der Waals surface area contributed by atoms with Crippen LogP contribution in [0.1, 0.15) is 48.3 Å². The predicted molar refractivity (Wildman–Crippen MR) is 80.4 cm³/mol. The van der Waals surface area contributed by atoms with Crippen LogP contribution in [-0.2, 0) is 19.4 Å². The van der Waals surface area contributed by atoms with Gasteiger partial charge in [-0.3, -0.25) is 4.57 Å². The van der Waals surface area contributed by atoms with Gasteiger partial charge in [0.1, 0.15) is 6.33 Å². The van der Waals surface area contributed by atoms with Crippen molar-refractivity contribution in [1.29, 1.82) is 0 Å². The first-order chi connectivity index (χ1) is 10.3. The number of rotatable bonds is 4. The van der Waals surface area contributed by atoms with Crippen LogP contribution in [0.2, 0.25) is 0 Å². The highest BCUT2D eigenvalue weighted by atomic mass is 15.2. The lowest BCUT2D eigenvalue weighted by Crippen LogP contribution is -2.17. The molecule has 0 spiro atoms. The molecule has 1 saturated carbocycles. The van der Waals surface area contributed by atoms with Gasteiger partial charge in [0.15, 0.2) is 0 Å². The van der Waals surface area contributed by atoms with E-state index in [9.17, 15) is 0 Å². The van der Waals surface area contributed by atoms with Crippen molar-refractivity contribution in [1.82, 2.24) is 24.8 Å². The van der Waals surface area contributed by atoms with Crippen molar-refractivity contribution in [3.8, 4) is 5.95 Å². The molecular weight excluding hydrogens is 262 g/mol. The zero-order valence-electron chi connectivity index (χ0n) is 12.5. The average molecular weight is 283 g/mol. The SMILES string of the molecule is Cc1nc(-n2cnc3c2CCCC3)ncc1CNC1CC1. The fourth-order valence-corrected chi connectivity index (χ4v) is 2.95. The van der Waals surface area contributed by atoms with E-state index in [1.54, 1.807) is 0 Å². The molecule has 2 aliphatic rings. The molecule has 110 valence electrons. The second-order valence-electron chi connectivity index (χ2n) is 6.15. The predicted octanol–water partition coefficient (Wildman–Crippen LogP) is 2.10. The first-order valence-corrected chi connectivity index (χ1v) is 7.92. The van der Waals surface area contributed by atoms with E-state index in [0.717, 1.165) is 31.0 Å². The quantitative estimate of drug-likeness (QED) is 0.933. The third-order valence-corrected chi connectivity index (χ3v) is 4.47. The molecule has 2 heterocycles. The van der Waals surface area contributed by atoms with E-state index >= 15 is 0 Å². The molecule has 5 nitrogen and oxygen atoms in total. The number of aromatic nitrogens is 4. The number of aryl methyl sites for hydroxylation is 2. The Morgan fingerprint density at radius 3 is 2.90 bits per heavy atom. The summed E-state index contributed by atoms with van der Waals surface area (Å²) in [5.41, 5.74) is 4.78. The number of hydrogen-bond acceptors (Lipinski definition) is 4. The lowest BCUT2D eigenvalue weighted by molar-refractivity contribution is 0.649. The summed E-state index contributed by atoms with van der Waals surface area (Å²) in [6.07, 6.45) is 11.1. The molecule has 0 saturated heterocycles. The maximum atomic E-state index is 4.69. The van der Waals surface area contributed by atoms with Crippen LogP contribution >= 0.6 is 0 Å². The first kappa shape index (κ1) is 13.0. The van der Waals surface area contributed by atoms with Crippen LogP contribution in [0.3, 0.4) is 0 Å². The Labute approximate surface area is 124 Å². The first-order valence-electron chi connectivity index (χ1n) is 7.92. The van der Waals surface area contributed by atoms with Gasteiger partial charge in [-0.1, -0.05) is 0 Å². The minimum absolute atomic E-state index is 0.713. The fourth-order valence-electron chi connectivity index (χ4n) is 2.95. The molecule has 2 aromatic rings. The molecule has 2 aliphatic carbocycles. The van der Waals surface area contributed by atoms with E-state index in [1.165, 1.54) is 42.6 Å². The molecular formula is C16H21N5. The molecule has 0 aromatic carbocycles. The summed E-state index contributed by atoms with van der Waals surface area (Å²) in [6.45, 7) is 2.94. The Morgan fingerprint density at radius 1 is 1.24 bits per heavy atom. The van der Waals surface area contributed by atoms with Gasteiger partial charge in [-0.15, -0.1) is 0 Å². The molecule has 1 N–H and O–H groups in total. The van der Waals surface area contributed by atoms with Crippen LogP contribution in [0, 0.1) is 6.92 Å². The lowest BCUT2D eigenvalue weighted by atomic mass is 10.0. The summed E-state index contributed by atoms with van der Waals surface area (Å²) in [5.74, 6) is 0.762. The summed E-state index contributed by atoms with van der Waals surface area (Å²) < 4.78 is 2.07. The van der Waals surface area contributed by atoms with Crippen molar-refractivity contribution < 1.29 is 0 Å². The number of nitrogens with one attached hydrogen (secondary N) is 1. The van der Waals surface area contributed by atoms with Crippen LogP contribution in [0.25, 0.3) is 5.95 Å². The van der Waals surface area contributed by atoms with E-state index < -0.39 is 0 Å². The molecule has 0 bridgehead atoms. The van der Waals surface area contributed by atoms with Crippen LogP contribution in [-0.4, -0.2) is 25.6 Å². The Bertz CT molecular complexity index is 657. The van der Waals surface area contributed by atoms with E-state index in [4.69, 9.17) is 4.98 Å². The lowest BCUT2D eigenvalue weighted by Gasteiger charge is -2.14. The Balaban J connectivity index is 1.60. The highest BCUT2D eigenvalue weighted by molar-refractivity contribution is 5.28. The van der Waals surface area contributed by atoms with Gasteiger partial charge in [-0.25, -0.2) is 15.0 Å². The third kappa shape index (κ3) is 2.58. The Morgan fingerprint density at radius 2 is 2.10 bits per heavy atom. The maximum Gasteiger partial charge on any atom is 0.235 e. The Kier molecular flexibility index (Phi) is 3.22. The zero-order valence-corrected chi connectivity index (χ0v) is 12.5. The van der Waals surface area contributed by atoms with Crippen molar-refractivity contribution in [2.24, 2.45) is 0 Å². The largest absolute Gasteiger partial charge is 0.310 e. The van der Waals surface area contributed by atoms with E-state index in [1.807, 2.05) is 12.5 Å². The summed E-state index contributed by atoms with van der Waals surface area (Å²) in [4.78, 5) is 13.8. The van der Waals surface area contributed by atoms with Crippen LogP contribution in [0.5, 0.6) is 0 Å². The van der Waals surface area contributed by atoms with E-state index in [-0.39, 0.29) is 0 Å². The molecule has 0 unspecified atom stereocenters. The molecule has 1 fully saturated rings. The topological polar surface area (TPSA) is 55.6 Å². The van der Waals surface area contributed by atoms with Crippen molar-refractivity contribution in [2.45, 2.75) is 58.0 Å². The molecule has 5 heteroatoms. The molecule has 4 rings (SSSR count). The van der Waals surface area contributed by atoms with Gasteiger partial charge < -0.3 is 5.32 Å². The summed E-state index contributed by atoms with van der Waals surface area (Å²) in [6, 6.07) is 0.713. The van der Waals surface area contributed by atoms with Gasteiger partial charge in [-0.2, -0.15) is 0 Å². The number of imidazole rings is 1. The zero-order chi connectivity index (χ0) is 14.2. The second-order valence-corrected chi connectivity index (χ2v) is 6.15. The standard InChI is InChI=1S/C16H21N5/c1-11-12(8-17-13-6-7-13)9-18-16(20-11)21-10-19-14-4-2-3-5-15(14)21/h9-10,13,17H,2-8H2,1H3. The maximum absolute atomic E-state index is 4.69. The van der Waals surface area contributed by atoms with E-state index in [2.05, 4.69) is 26.8 Å². The van der Waals surface area contributed by atoms with Gasteiger partial charge in [0.05, 0.1) is 5.69 Å². The van der Waals surface area contributed by atoms with Crippen LogP contribution in [0.4, 0.5) is 0 Å². The van der Waals surface area contributed by atoms with Gasteiger partial charge in [-0.05, 0) is 45.4 Å². The van der Waals surface area contributed by atoms with Crippen LogP contribution < -0.4 is 5.32 Å². The summed E-state index contributed by atoms with van der Waals surface area (Å²) >= 11 is 0. The van der Waals surface area contributed by atoms with Crippen molar-refractivity contribution in [2.75, 3.05) is 0 Å². The van der Waals surface area contributed by atoms with Crippen molar-refractivity contribution in [3.63, 3.8) is 0 Å². The van der Waals surface area contributed by atoms with Crippen LogP contribution in [0.15, 0.2) is 12.5 Å². The van der Waals surface area contributed by atoms with Crippen molar-refractivity contribution >= 4 is 0 Å². The molecule has 0 atom stereocenters. The molecule has 0 radical (unpaired) electrons. The normalized spacial score (nSPS) is 17.8. The fraction of sp³-hybridized carbons (Fsp3) is 0.562. The molecule has 21 heavy (non-hydrogen) atoms. The monoisotopic (exact) mass is 283 g/mol. The number of hydrogen-bond donors (Lipinski definition) is 1. The highest BCUT2D eigenvalue weighted by Gasteiger charge is 2.21. The third-order valence-electron chi connectivity index (χ3n) is 4.47. The summed E-state index contributed by atoms with van der Waals surface area (Å²) in [5, 5.41) is 3.52. The smallest absolute Gasteiger partial charge is 0.235 e. The minimum Gasteiger partial charge on any atom is -0.310 e. The number of fused-ring (bicyclic) bond motifs is 1. The van der Waals surface area contributed by atoms with Gasteiger partial charge in [0.2, 0.25) is 5.95 Å². The average Bonchev–Trinajstić information content (AvgIpc) is 3.23. The van der Waals surface area contributed by atoms with Crippen molar-refractivity contribution in [3.05, 3.63) is 35.2 Å².